The molecule has 2 heterocycles. The van der Waals surface area contributed by atoms with Gasteiger partial charge >= 0.3 is 0 Å². The molecule has 1 unspecified atom stereocenters. The standard InChI is InChI=1S/C25H22FN3O2S/c1-3-13-29-24(30)23(15-18-8-6-7-17(2)14-18)32-25(29)28-27-16-19-11-12-22(31-19)20-9-4-5-10-21(20)26/h3-12,14,16,23H,1,13,15H2,2H3. The fourth-order valence-electron chi connectivity index (χ4n) is 3.43. The molecule has 5 nitrogen and oxygen atoms in total. The van der Waals surface area contributed by atoms with E-state index >= 15 is 0 Å². The van der Waals surface area contributed by atoms with Crippen LogP contribution in [-0.2, 0) is 11.2 Å². The predicted molar refractivity (Wildman–Crippen MR) is 127 cm³/mol. The molecule has 0 N–H and O–H groups in total. The molecule has 32 heavy (non-hydrogen) atoms. The SMILES string of the molecule is C=CCN1C(=O)C(Cc2cccc(C)c2)SC1=NN=Cc1ccc(-c2ccccc2F)o1. The van der Waals surface area contributed by atoms with Crippen molar-refractivity contribution in [2.45, 2.75) is 18.6 Å². The number of benzene rings is 2. The van der Waals surface area contributed by atoms with Gasteiger partial charge in [0.1, 0.15) is 17.3 Å². The number of hydrogen-bond donors (Lipinski definition) is 0. The Kier molecular flexibility index (Phi) is 6.66. The summed E-state index contributed by atoms with van der Waals surface area (Å²) in [5, 5.41) is 8.61. The summed E-state index contributed by atoms with van der Waals surface area (Å²) in [7, 11) is 0. The Labute approximate surface area is 190 Å². The van der Waals surface area contributed by atoms with Crippen molar-refractivity contribution in [3.8, 4) is 11.3 Å². The van der Waals surface area contributed by atoms with E-state index in [4.69, 9.17) is 4.42 Å². The Morgan fingerprint density at radius 3 is 2.81 bits per heavy atom. The van der Waals surface area contributed by atoms with Gasteiger partial charge in [-0.2, -0.15) is 5.10 Å². The third-order valence-corrected chi connectivity index (χ3v) is 6.10. The number of carbonyl (C=O) groups is 1. The van der Waals surface area contributed by atoms with E-state index in [0.29, 0.717) is 35.2 Å². The molecule has 0 radical (unpaired) electrons. The molecule has 1 saturated heterocycles. The van der Waals surface area contributed by atoms with Gasteiger partial charge < -0.3 is 4.42 Å². The molecule has 1 fully saturated rings. The first-order chi connectivity index (χ1) is 15.5. The van der Waals surface area contributed by atoms with Crippen LogP contribution in [0.5, 0.6) is 0 Å². The van der Waals surface area contributed by atoms with E-state index in [-0.39, 0.29) is 17.0 Å². The van der Waals surface area contributed by atoms with Gasteiger partial charge in [0.15, 0.2) is 5.17 Å². The molecule has 0 aliphatic carbocycles. The minimum atomic E-state index is -0.355. The zero-order valence-corrected chi connectivity index (χ0v) is 18.4. The van der Waals surface area contributed by atoms with E-state index in [1.807, 2.05) is 25.1 Å². The van der Waals surface area contributed by atoms with Crippen LogP contribution in [0.25, 0.3) is 11.3 Å². The van der Waals surface area contributed by atoms with E-state index in [1.165, 1.54) is 24.0 Å². The number of amides is 1. The highest BCUT2D eigenvalue weighted by Crippen LogP contribution is 2.30. The van der Waals surface area contributed by atoms with Crippen LogP contribution < -0.4 is 0 Å². The molecule has 3 aromatic rings. The number of halogens is 1. The van der Waals surface area contributed by atoms with Crippen LogP contribution in [0.1, 0.15) is 16.9 Å². The highest BCUT2D eigenvalue weighted by atomic mass is 32.2. The number of furan rings is 1. The van der Waals surface area contributed by atoms with Crippen LogP contribution in [0.15, 0.2) is 87.9 Å². The van der Waals surface area contributed by atoms with Crippen molar-refractivity contribution in [1.82, 2.24) is 4.90 Å². The predicted octanol–water partition coefficient (Wildman–Crippen LogP) is 5.46. The summed E-state index contributed by atoms with van der Waals surface area (Å²) in [6, 6.07) is 17.9. The minimum Gasteiger partial charge on any atom is -0.455 e. The molecule has 0 saturated carbocycles. The summed E-state index contributed by atoms with van der Waals surface area (Å²) in [6.45, 7) is 6.13. The van der Waals surface area contributed by atoms with Crippen molar-refractivity contribution in [1.29, 1.82) is 0 Å². The van der Waals surface area contributed by atoms with Gasteiger partial charge in [0, 0.05) is 6.54 Å². The molecule has 1 atom stereocenters. The largest absolute Gasteiger partial charge is 0.455 e. The maximum absolute atomic E-state index is 13.9. The third kappa shape index (κ3) is 4.89. The first kappa shape index (κ1) is 21.8. The molecule has 4 rings (SSSR count). The van der Waals surface area contributed by atoms with Crippen LogP contribution in [-0.4, -0.2) is 34.0 Å². The van der Waals surface area contributed by atoms with E-state index < -0.39 is 0 Å². The Balaban J connectivity index is 1.49. The maximum atomic E-state index is 13.9. The molecular formula is C25H22FN3O2S. The fraction of sp³-hybridized carbons (Fsp3) is 0.160. The van der Waals surface area contributed by atoms with Gasteiger partial charge in [-0.1, -0.05) is 59.8 Å². The number of amidine groups is 1. The summed E-state index contributed by atoms with van der Waals surface area (Å²) in [5.74, 6) is 0.485. The topological polar surface area (TPSA) is 58.2 Å². The molecular weight excluding hydrogens is 425 g/mol. The summed E-state index contributed by atoms with van der Waals surface area (Å²) in [5.41, 5.74) is 2.65. The van der Waals surface area contributed by atoms with Crippen LogP contribution in [0.3, 0.4) is 0 Å². The number of aryl methyl sites for hydroxylation is 1. The smallest absolute Gasteiger partial charge is 0.242 e. The van der Waals surface area contributed by atoms with Gasteiger partial charge in [-0.15, -0.1) is 11.7 Å². The monoisotopic (exact) mass is 447 g/mol. The average molecular weight is 448 g/mol. The van der Waals surface area contributed by atoms with Crippen molar-refractivity contribution in [3.63, 3.8) is 0 Å². The van der Waals surface area contributed by atoms with Crippen LogP contribution in [0.2, 0.25) is 0 Å². The Hall–Kier alpha value is -3.45. The average Bonchev–Trinajstić information content (AvgIpc) is 3.35. The highest BCUT2D eigenvalue weighted by Gasteiger charge is 2.37. The molecule has 1 amide bonds. The molecule has 0 bridgehead atoms. The number of carbonyl (C=O) groups excluding carboxylic acids is 1. The van der Waals surface area contributed by atoms with Crippen LogP contribution in [0, 0.1) is 12.7 Å². The van der Waals surface area contributed by atoms with Crippen LogP contribution in [0.4, 0.5) is 4.39 Å². The van der Waals surface area contributed by atoms with E-state index in [0.717, 1.165) is 11.1 Å². The maximum Gasteiger partial charge on any atom is 0.242 e. The Bertz CT molecular complexity index is 1200. The molecule has 2 aromatic carbocycles. The lowest BCUT2D eigenvalue weighted by atomic mass is 10.1. The number of thioether (sulfide) groups is 1. The molecule has 0 spiro atoms. The lowest BCUT2D eigenvalue weighted by molar-refractivity contribution is -0.125. The van der Waals surface area contributed by atoms with Gasteiger partial charge in [-0.25, -0.2) is 4.39 Å². The lowest BCUT2D eigenvalue weighted by Crippen LogP contribution is -2.32. The van der Waals surface area contributed by atoms with Gasteiger partial charge in [-0.3, -0.25) is 9.69 Å². The number of nitrogens with zero attached hydrogens (tertiary/aromatic N) is 3. The summed E-state index contributed by atoms with van der Waals surface area (Å²) in [4.78, 5) is 14.5. The van der Waals surface area contributed by atoms with Gasteiger partial charge in [0.2, 0.25) is 5.91 Å². The van der Waals surface area contributed by atoms with Gasteiger partial charge in [0.25, 0.3) is 0 Å². The summed E-state index contributed by atoms with van der Waals surface area (Å²) in [6.07, 6.45) is 3.73. The number of hydrogen-bond acceptors (Lipinski definition) is 5. The second-order valence-corrected chi connectivity index (χ2v) is 8.52. The molecule has 1 aliphatic rings. The molecule has 1 aromatic heterocycles. The van der Waals surface area contributed by atoms with E-state index in [2.05, 4.69) is 22.8 Å². The van der Waals surface area contributed by atoms with Crippen molar-refractivity contribution in [2.75, 3.05) is 6.54 Å². The fourth-order valence-corrected chi connectivity index (χ4v) is 4.57. The second-order valence-electron chi connectivity index (χ2n) is 7.35. The highest BCUT2D eigenvalue weighted by molar-refractivity contribution is 8.15. The molecule has 1 aliphatic heterocycles. The number of rotatable bonds is 7. The van der Waals surface area contributed by atoms with Gasteiger partial charge in [-0.05, 0) is 43.2 Å². The normalized spacial score (nSPS) is 17.6. The second kappa shape index (κ2) is 9.78. The van der Waals surface area contributed by atoms with Crippen molar-refractivity contribution in [2.24, 2.45) is 10.2 Å². The first-order valence-corrected chi connectivity index (χ1v) is 11.0. The summed E-state index contributed by atoms with van der Waals surface area (Å²) >= 11 is 1.39. The lowest BCUT2D eigenvalue weighted by Gasteiger charge is -2.12. The van der Waals surface area contributed by atoms with Crippen molar-refractivity contribution >= 4 is 29.1 Å². The van der Waals surface area contributed by atoms with Gasteiger partial charge in [0.05, 0.1) is 17.0 Å². The van der Waals surface area contributed by atoms with Crippen molar-refractivity contribution < 1.29 is 13.6 Å². The van der Waals surface area contributed by atoms with E-state index in [9.17, 15) is 9.18 Å². The Morgan fingerprint density at radius 2 is 2.03 bits per heavy atom. The quantitative estimate of drug-likeness (QED) is 0.275. The Morgan fingerprint density at radius 1 is 1.19 bits per heavy atom. The minimum absolute atomic E-state index is 0.00908. The first-order valence-electron chi connectivity index (χ1n) is 10.2. The third-order valence-electron chi connectivity index (χ3n) is 4.93. The zero-order valence-electron chi connectivity index (χ0n) is 17.6. The molecule has 7 heteroatoms. The van der Waals surface area contributed by atoms with E-state index in [1.54, 1.807) is 41.3 Å². The van der Waals surface area contributed by atoms with Crippen LogP contribution >= 0.6 is 11.8 Å². The van der Waals surface area contributed by atoms with Crippen molar-refractivity contribution in [3.05, 3.63) is 96.0 Å². The molecule has 162 valence electrons. The zero-order chi connectivity index (χ0) is 22.5. The summed E-state index contributed by atoms with van der Waals surface area (Å²) < 4.78 is 19.6.